The minimum Gasteiger partial charge on any atom is -0.326 e. The van der Waals surface area contributed by atoms with Crippen LogP contribution in [0.2, 0.25) is 0 Å². The molecule has 0 atom stereocenters. The Morgan fingerprint density at radius 3 is 2.65 bits per heavy atom. The average molecular weight is 306 g/mol. The predicted molar refractivity (Wildman–Crippen MR) is 92.7 cm³/mol. The van der Waals surface area contributed by atoms with Crippen LogP contribution < -0.4 is 10.9 Å². The SMILES string of the molecule is Cc1cc2ccc(NC(=O)CCc3ccccc3)cc2[nH]c1=O. The van der Waals surface area contributed by atoms with Crippen molar-refractivity contribution >= 4 is 22.5 Å². The molecule has 3 aromatic rings. The minimum absolute atomic E-state index is 0.0392. The van der Waals surface area contributed by atoms with Gasteiger partial charge in [0.2, 0.25) is 5.91 Å². The van der Waals surface area contributed by atoms with Gasteiger partial charge in [0.15, 0.2) is 0 Å². The minimum atomic E-state index is -0.106. The molecule has 1 aromatic heterocycles. The molecule has 0 saturated heterocycles. The molecule has 0 unspecified atom stereocenters. The van der Waals surface area contributed by atoms with E-state index in [2.05, 4.69) is 10.3 Å². The zero-order valence-electron chi connectivity index (χ0n) is 12.9. The molecule has 4 nitrogen and oxygen atoms in total. The number of aromatic nitrogens is 1. The van der Waals surface area contributed by atoms with E-state index in [0.717, 1.165) is 16.5 Å². The van der Waals surface area contributed by atoms with Crippen molar-refractivity contribution in [3.8, 4) is 0 Å². The second-order valence-electron chi connectivity index (χ2n) is 5.62. The van der Waals surface area contributed by atoms with Gasteiger partial charge >= 0.3 is 0 Å². The highest BCUT2D eigenvalue weighted by atomic mass is 16.1. The molecule has 1 amide bonds. The lowest BCUT2D eigenvalue weighted by Gasteiger charge is -2.07. The normalized spacial score (nSPS) is 10.7. The number of amides is 1. The molecule has 0 aliphatic carbocycles. The summed E-state index contributed by atoms with van der Waals surface area (Å²) in [5.41, 5.74) is 3.12. The van der Waals surface area contributed by atoms with Gasteiger partial charge in [-0.1, -0.05) is 36.4 Å². The summed E-state index contributed by atoms with van der Waals surface area (Å²) in [5.74, 6) is -0.0392. The average Bonchev–Trinajstić information content (AvgIpc) is 2.55. The molecule has 0 radical (unpaired) electrons. The van der Waals surface area contributed by atoms with Gasteiger partial charge in [-0.3, -0.25) is 9.59 Å². The Hall–Kier alpha value is -2.88. The Morgan fingerprint density at radius 2 is 1.87 bits per heavy atom. The first kappa shape index (κ1) is 15.0. The van der Waals surface area contributed by atoms with Gasteiger partial charge in [-0.25, -0.2) is 0 Å². The number of nitrogens with one attached hydrogen (secondary N) is 2. The molecule has 2 N–H and O–H groups in total. The molecular weight excluding hydrogens is 288 g/mol. The Balaban J connectivity index is 1.70. The smallest absolute Gasteiger partial charge is 0.251 e. The summed E-state index contributed by atoms with van der Waals surface area (Å²) in [6, 6.07) is 17.3. The van der Waals surface area contributed by atoms with Gasteiger partial charge in [-0.15, -0.1) is 0 Å². The van der Waals surface area contributed by atoms with Crippen LogP contribution in [0.3, 0.4) is 0 Å². The van der Waals surface area contributed by atoms with E-state index in [9.17, 15) is 9.59 Å². The first-order valence-corrected chi connectivity index (χ1v) is 7.59. The number of hydrogen-bond donors (Lipinski definition) is 2. The van der Waals surface area contributed by atoms with E-state index in [1.54, 1.807) is 13.0 Å². The van der Waals surface area contributed by atoms with Crippen molar-refractivity contribution in [1.82, 2.24) is 4.98 Å². The largest absolute Gasteiger partial charge is 0.326 e. The maximum absolute atomic E-state index is 12.1. The number of benzene rings is 2. The van der Waals surface area contributed by atoms with Crippen LogP contribution >= 0.6 is 0 Å². The Kier molecular flexibility index (Phi) is 4.24. The van der Waals surface area contributed by atoms with Crippen molar-refractivity contribution in [1.29, 1.82) is 0 Å². The molecule has 0 saturated carbocycles. The number of pyridine rings is 1. The number of hydrogen-bond acceptors (Lipinski definition) is 2. The summed E-state index contributed by atoms with van der Waals surface area (Å²) in [4.78, 5) is 26.6. The molecular formula is C19H18N2O2. The van der Waals surface area contributed by atoms with Crippen molar-refractivity contribution in [2.45, 2.75) is 19.8 Å². The molecule has 1 heterocycles. The van der Waals surface area contributed by atoms with Gasteiger partial charge < -0.3 is 10.3 Å². The van der Waals surface area contributed by atoms with E-state index in [1.807, 2.05) is 48.5 Å². The van der Waals surface area contributed by atoms with Gasteiger partial charge in [0.05, 0.1) is 5.52 Å². The number of carbonyl (C=O) groups excluding carboxylic acids is 1. The van der Waals surface area contributed by atoms with Crippen molar-refractivity contribution in [2.75, 3.05) is 5.32 Å². The number of aryl methyl sites for hydroxylation is 2. The predicted octanol–water partition coefficient (Wildman–Crippen LogP) is 3.41. The second kappa shape index (κ2) is 6.48. The third kappa shape index (κ3) is 3.66. The summed E-state index contributed by atoms with van der Waals surface area (Å²) >= 11 is 0. The number of aromatic amines is 1. The van der Waals surface area contributed by atoms with Crippen molar-refractivity contribution in [2.24, 2.45) is 0 Å². The van der Waals surface area contributed by atoms with Gasteiger partial charge in [0, 0.05) is 17.7 Å². The van der Waals surface area contributed by atoms with E-state index >= 15 is 0 Å². The third-order valence-electron chi connectivity index (χ3n) is 3.80. The number of H-pyrrole nitrogens is 1. The van der Waals surface area contributed by atoms with E-state index in [4.69, 9.17) is 0 Å². The third-order valence-corrected chi connectivity index (χ3v) is 3.80. The molecule has 0 aliphatic heterocycles. The first-order chi connectivity index (χ1) is 11.1. The standard InChI is InChI=1S/C19H18N2O2/c1-13-11-15-8-9-16(12-17(15)21-19(13)23)20-18(22)10-7-14-5-3-2-4-6-14/h2-6,8-9,11-12H,7,10H2,1H3,(H,20,22)(H,21,23). The summed E-state index contributed by atoms with van der Waals surface area (Å²) in [7, 11) is 0. The van der Waals surface area contributed by atoms with E-state index in [-0.39, 0.29) is 11.5 Å². The van der Waals surface area contributed by atoms with Crippen LogP contribution in [0, 0.1) is 6.92 Å². The second-order valence-corrected chi connectivity index (χ2v) is 5.62. The number of rotatable bonds is 4. The van der Waals surface area contributed by atoms with Crippen LogP contribution in [0.15, 0.2) is 59.4 Å². The van der Waals surface area contributed by atoms with Crippen LogP contribution in [-0.2, 0) is 11.2 Å². The zero-order chi connectivity index (χ0) is 16.2. The molecule has 0 aliphatic rings. The zero-order valence-corrected chi connectivity index (χ0v) is 12.9. The maximum atomic E-state index is 12.1. The monoisotopic (exact) mass is 306 g/mol. The molecule has 23 heavy (non-hydrogen) atoms. The quantitative estimate of drug-likeness (QED) is 0.776. The topological polar surface area (TPSA) is 62.0 Å². The highest BCUT2D eigenvalue weighted by molar-refractivity contribution is 5.93. The van der Waals surface area contributed by atoms with Crippen LogP contribution in [0.25, 0.3) is 10.9 Å². The Bertz CT molecular complexity index is 898. The molecule has 3 rings (SSSR count). The highest BCUT2D eigenvalue weighted by Gasteiger charge is 2.05. The van der Waals surface area contributed by atoms with Crippen LogP contribution in [0.5, 0.6) is 0 Å². The van der Waals surface area contributed by atoms with E-state index in [1.165, 1.54) is 0 Å². The van der Waals surface area contributed by atoms with Crippen molar-refractivity contribution < 1.29 is 4.79 Å². The Labute approximate surface area is 134 Å². The first-order valence-electron chi connectivity index (χ1n) is 7.59. The van der Waals surface area contributed by atoms with Gasteiger partial charge in [-0.2, -0.15) is 0 Å². The summed E-state index contributed by atoms with van der Waals surface area (Å²) in [6.07, 6.45) is 1.13. The molecule has 4 heteroatoms. The molecule has 0 fully saturated rings. The highest BCUT2D eigenvalue weighted by Crippen LogP contribution is 2.17. The lowest BCUT2D eigenvalue weighted by molar-refractivity contribution is -0.116. The number of anilines is 1. The number of carbonyl (C=O) groups is 1. The van der Waals surface area contributed by atoms with Crippen LogP contribution in [0.1, 0.15) is 17.5 Å². The summed E-state index contributed by atoms with van der Waals surface area (Å²) in [5, 5.41) is 3.83. The van der Waals surface area contributed by atoms with Gasteiger partial charge in [0.1, 0.15) is 0 Å². The Morgan fingerprint density at radius 1 is 1.09 bits per heavy atom. The fourth-order valence-electron chi connectivity index (χ4n) is 2.51. The van der Waals surface area contributed by atoms with E-state index in [0.29, 0.717) is 24.1 Å². The number of fused-ring (bicyclic) bond motifs is 1. The van der Waals surface area contributed by atoms with E-state index < -0.39 is 0 Å². The molecule has 0 spiro atoms. The molecule has 116 valence electrons. The lowest BCUT2D eigenvalue weighted by Crippen LogP contribution is -2.13. The fourth-order valence-corrected chi connectivity index (χ4v) is 2.51. The summed E-state index contributed by atoms with van der Waals surface area (Å²) in [6.45, 7) is 1.78. The molecule has 2 aromatic carbocycles. The fraction of sp³-hybridized carbons (Fsp3) is 0.158. The van der Waals surface area contributed by atoms with Crippen LogP contribution in [-0.4, -0.2) is 10.9 Å². The van der Waals surface area contributed by atoms with Gasteiger partial charge in [-0.05, 0) is 42.5 Å². The van der Waals surface area contributed by atoms with Crippen LogP contribution in [0.4, 0.5) is 5.69 Å². The van der Waals surface area contributed by atoms with Gasteiger partial charge in [0.25, 0.3) is 5.56 Å². The molecule has 0 bridgehead atoms. The summed E-state index contributed by atoms with van der Waals surface area (Å²) < 4.78 is 0. The lowest BCUT2D eigenvalue weighted by atomic mass is 10.1. The van der Waals surface area contributed by atoms with Crippen molar-refractivity contribution in [3.63, 3.8) is 0 Å². The maximum Gasteiger partial charge on any atom is 0.251 e. The van der Waals surface area contributed by atoms with Crippen molar-refractivity contribution in [3.05, 3.63) is 76.1 Å².